The Morgan fingerprint density at radius 2 is 1.76 bits per heavy atom. The van der Waals surface area contributed by atoms with Crippen LogP contribution in [0.1, 0.15) is 48.4 Å². The van der Waals surface area contributed by atoms with Crippen LogP contribution >= 0.6 is 11.6 Å². The molecule has 3 nitrogen and oxygen atoms in total. The molecule has 1 saturated heterocycles. The van der Waals surface area contributed by atoms with Crippen molar-refractivity contribution >= 4 is 21.6 Å². The molecule has 1 aliphatic rings. The summed E-state index contributed by atoms with van der Waals surface area (Å²) in [5.74, 6) is 0. The number of hydrogen-bond donors (Lipinski definition) is 0. The van der Waals surface area contributed by atoms with E-state index in [-0.39, 0.29) is 6.04 Å². The first-order valence-corrected chi connectivity index (χ1v) is 10.6. The molecule has 0 aliphatic carbocycles. The van der Waals surface area contributed by atoms with Gasteiger partial charge in [-0.05, 0) is 61.6 Å². The first kappa shape index (κ1) is 18.4. The van der Waals surface area contributed by atoms with Gasteiger partial charge in [-0.15, -0.1) is 0 Å². The normalized spacial score (nSPS) is 19.6. The van der Waals surface area contributed by atoms with E-state index in [2.05, 4.69) is 0 Å². The van der Waals surface area contributed by atoms with Gasteiger partial charge in [0.1, 0.15) is 0 Å². The Balaban J connectivity index is 2.06. The molecule has 0 bridgehead atoms. The highest BCUT2D eigenvalue weighted by Gasteiger charge is 2.34. The standard InChI is InChI=1S/C20H24ClNO2S/c1-15-11-12-17(14-16(15)2)25(23,24)22-13-7-3-4-10-20(22)18-8-5-6-9-19(18)21/h5-6,8-9,11-12,14,20H,3-4,7,10,13H2,1-2H3. The highest BCUT2D eigenvalue weighted by atomic mass is 35.5. The maximum atomic E-state index is 13.4. The number of benzene rings is 2. The Morgan fingerprint density at radius 1 is 1.00 bits per heavy atom. The molecule has 0 saturated carbocycles. The van der Waals surface area contributed by atoms with Gasteiger partial charge in [0.05, 0.1) is 10.9 Å². The monoisotopic (exact) mass is 377 g/mol. The topological polar surface area (TPSA) is 37.4 Å². The summed E-state index contributed by atoms with van der Waals surface area (Å²) in [5, 5.41) is 0.634. The van der Waals surface area contributed by atoms with Gasteiger partial charge >= 0.3 is 0 Å². The van der Waals surface area contributed by atoms with Crippen molar-refractivity contribution in [3.05, 3.63) is 64.2 Å². The lowest BCUT2D eigenvalue weighted by Gasteiger charge is -2.30. The minimum atomic E-state index is -3.56. The van der Waals surface area contributed by atoms with E-state index in [0.29, 0.717) is 16.5 Å². The van der Waals surface area contributed by atoms with Gasteiger partial charge in [-0.2, -0.15) is 4.31 Å². The van der Waals surface area contributed by atoms with Gasteiger partial charge in [0, 0.05) is 11.6 Å². The van der Waals surface area contributed by atoms with Crippen LogP contribution in [-0.4, -0.2) is 19.3 Å². The lowest BCUT2D eigenvalue weighted by Crippen LogP contribution is -2.35. The van der Waals surface area contributed by atoms with Crippen LogP contribution in [0.5, 0.6) is 0 Å². The minimum Gasteiger partial charge on any atom is -0.207 e. The second-order valence-electron chi connectivity index (χ2n) is 6.75. The molecule has 0 aromatic heterocycles. The van der Waals surface area contributed by atoms with Gasteiger partial charge in [-0.3, -0.25) is 0 Å². The molecule has 134 valence electrons. The third-order valence-corrected chi connectivity index (χ3v) is 7.30. The number of halogens is 1. The van der Waals surface area contributed by atoms with Crippen LogP contribution in [0.2, 0.25) is 5.02 Å². The van der Waals surface area contributed by atoms with Crippen molar-refractivity contribution in [3.8, 4) is 0 Å². The minimum absolute atomic E-state index is 0.206. The summed E-state index contributed by atoms with van der Waals surface area (Å²) in [6.45, 7) is 4.47. The van der Waals surface area contributed by atoms with Crippen molar-refractivity contribution in [2.75, 3.05) is 6.54 Å². The quantitative estimate of drug-likeness (QED) is 0.731. The number of nitrogens with zero attached hydrogens (tertiary/aromatic N) is 1. The number of hydrogen-bond acceptors (Lipinski definition) is 2. The molecule has 0 radical (unpaired) electrons. The zero-order valence-electron chi connectivity index (χ0n) is 14.7. The van der Waals surface area contributed by atoms with Crippen LogP contribution in [0.4, 0.5) is 0 Å². The average molecular weight is 378 g/mol. The summed E-state index contributed by atoms with van der Waals surface area (Å²) >= 11 is 6.40. The first-order chi connectivity index (χ1) is 11.9. The van der Waals surface area contributed by atoms with Gasteiger partial charge < -0.3 is 0 Å². The molecule has 3 rings (SSSR count). The Kier molecular flexibility index (Phi) is 5.52. The molecule has 1 aliphatic heterocycles. The van der Waals surface area contributed by atoms with Crippen molar-refractivity contribution in [3.63, 3.8) is 0 Å². The molecule has 0 spiro atoms. The second kappa shape index (κ2) is 7.48. The predicted octanol–water partition coefficient (Wildman–Crippen LogP) is 5.26. The largest absolute Gasteiger partial charge is 0.243 e. The van der Waals surface area contributed by atoms with E-state index < -0.39 is 10.0 Å². The smallest absolute Gasteiger partial charge is 0.207 e. The van der Waals surface area contributed by atoms with Gasteiger partial charge in [-0.25, -0.2) is 8.42 Å². The van der Waals surface area contributed by atoms with E-state index in [4.69, 9.17) is 11.6 Å². The maximum Gasteiger partial charge on any atom is 0.243 e. The van der Waals surface area contributed by atoms with Crippen molar-refractivity contribution < 1.29 is 8.42 Å². The molecule has 25 heavy (non-hydrogen) atoms. The van der Waals surface area contributed by atoms with E-state index in [1.54, 1.807) is 16.4 Å². The number of sulfonamides is 1. The van der Waals surface area contributed by atoms with E-state index in [9.17, 15) is 8.42 Å². The fourth-order valence-corrected chi connectivity index (χ4v) is 5.46. The van der Waals surface area contributed by atoms with Crippen LogP contribution in [0, 0.1) is 13.8 Å². The molecule has 1 atom stereocenters. The third kappa shape index (κ3) is 3.76. The Hall–Kier alpha value is -1.36. The van der Waals surface area contributed by atoms with Gasteiger partial charge in [0.25, 0.3) is 0 Å². The van der Waals surface area contributed by atoms with Crippen LogP contribution < -0.4 is 0 Å². The highest BCUT2D eigenvalue weighted by molar-refractivity contribution is 7.89. The molecular formula is C20H24ClNO2S. The van der Waals surface area contributed by atoms with E-state index in [1.807, 2.05) is 44.2 Å². The summed E-state index contributed by atoms with van der Waals surface area (Å²) in [4.78, 5) is 0.370. The predicted molar refractivity (Wildman–Crippen MR) is 102 cm³/mol. The highest BCUT2D eigenvalue weighted by Crippen LogP contribution is 2.37. The first-order valence-electron chi connectivity index (χ1n) is 8.75. The molecule has 1 unspecified atom stereocenters. The van der Waals surface area contributed by atoms with Crippen LogP contribution in [0.3, 0.4) is 0 Å². The van der Waals surface area contributed by atoms with E-state index in [0.717, 1.165) is 42.4 Å². The zero-order valence-corrected chi connectivity index (χ0v) is 16.3. The fraction of sp³-hybridized carbons (Fsp3) is 0.400. The van der Waals surface area contributed by atoms with E-state index in [1.165, 1.54) is 0 Å². The molecular weight excluding hydrogens is 354 g/mol. The van der Waals surface area contributed by atoms with Crippen molar-refractivity contribution in [1.29, 1.82) is 0 Å². The average Bonchev–Trinajstić information content (AvgIpc) is 2.84. The number of rotatable bonds is 3. The SMILES string of the molecule is Cc1ccc(S(=O)(=O)N2CCCCCC2c2ccccc2Cl)cc1C. The summed E-state index contributed by atoms with van der Waals surface area (Å²) in [6, 6.07) is 12.8. The summed E-state index contributed by atoms with van der Waals surface area (Å²) < 4.78 is 28.4. The molecule has 1 fully saturated rings. The molecule has 1 heterocycles. The molecule has 5 heteroatoms. The van der Waals surface area contributed by atoms with Crippen LogP contribution in [0.15, 0.2) is 47.4 Å². The van der Waals surface area contributed by atoms with Gasteiger partial charge in [0.15, 0.2) is 0 Å². The van der Waals surface area contributed by atoms with Crippen molar-refractivity contribution in [2.24, 2.45) is 0 Å². The van der Waals surface area contributed by atoms with Crippen LogP contribution in [0.25, 0.3) is 0 Å². The number of aryl methyl sites for hydroxylation is 2. The Labute approximate surface area is 155 Å². The summed E-state index contributed by atoms with van der Waals surface area (Å²) in [5.41, 5.74) is 2.99. The maximum absolute atomic E-state index is 13.4. The molecule has 0 N–H and O–H groups in total. The summed E-state index contributed by atoms with van der Waals surface area (Å²) in [6.07, 6.45) is 3.73. The van der Waals surface area contributed by atoms with Crippen LogP contribution in [-0.2, 0) is 10.0 Å². The fourth-order valence-electron chi connectivity index (χ4n) is 3.44. The molecule has 0 amide bonds. The molecule has 2 aromatic carbocycles. The van der Waals surface area contributed by atoms with Crippen molar-refractivity contribution in [1.82, 2.24) is 4.31 Å². The van der Waals surface area contributed by atoms with E-state index >= 15 is 0 Å². The van der Waals surface area contributed by atoms with Gasteiger partial charge in [-0.1, -0.05) is 48.7 Å². The lowest BCUT2D eigenvalue weighted by molar-refractivity contribution is 0.329. The summed E-state index contributed by atoms with van der Waals surface area (Å²) in [7, 11) is -3.56. The molecule has 2 aromatic rings. The second-order valence-corrected chi connectivity index (χ2v) is 9.05. The Bertz CT molecular complexity index is 864. The lowest BCUT2D eigenvalue weighted by atomic mass is 10.0. The Morgan fingerprint density at radius 3 is 2.48 bits per heavy atom. The third-order valence-electron chi connectivity index (χ3n) is 5.05. The zero-order chi connectivity index (χ0) is 18.0. The van der Waals surface area contributed by atoms with Crippen molar-refractivity contribution in [2.45, 2.75) is 50.5 Å². The van der Waals surface area contributed by atoms with Gasteiger partial charge in [0.2, 0.25) is 10.0 Å².